The minimum absolute atomic E-state index is 0.102. The lowest BCUT2D eigenvalue weighted by atomic mass is 9.71. The zero-order chi connectivity index (χ0) is 17.4. The first-order chi connectivity index (χ1) is 9.62. The van der Waals surface area contributed by atoms with Crippen molar-refractivity contribution in [2.24, 2.45) is 11.1 Å². The molecule has 0 spiro atoms. The maximum atomic E-state index is 6.23. The second-order valence-electron chi connectivity index (χ2n) is 10.2. The number of nitrogens with two attached hydrogens (primary N) is 1. The molecule has 0 fully saturated rings. The average Bonchev–Trinajstić information content (AvgIpc) is 2.22. The summed E-state index contributed by atoms with van der Waals surface area (Å²) < 4.78 is 0. The molecule has 22 heavy (non-hydrogen) atoms. The van der Waals surface area contributed by atoms with Gasteiger partial charge in [-0.2, -0.15) is 0 Å². The predicted molar refractivity (Wildman–Crippen MR) is 99.4 cm³/mol. The number of hydrogen-bond donors (Lipinski definition) is 1. The fourth-order valence-corrected chi connectivity index (χ4v) is 4.04. The van der Waals surface area contributed by atoms with Crippen LogP contribution in [0.25, 0.3) is 0 Å². The van der Waals surface area contributed by atoms with Crippen LogP contribution in [0.5, 0.6) is 0 Å². The largest absolute Gasteiger partial charge is 0.326 e. The Bertz CT molecular complexity index is 431. The Kier molecular flexibility index (Phi) is 5.24. The summed E-state index contributed by atoms with van der Waals surface area (Å²) in [5.41, 5.74) is 9.53. The SMILES string of the molecule is CC(C)(C)CC(C)(C)c1ccc(C(C)(C)CC(C)(C)N)cc1. The molecule has 1 nitrogen and oxygen atoms in total. The molecule has 0 radical (unpaired) electrons. The van der Waals surface area contributed by atoms with Crippen LogP contribution in [-0.4, -0.2) is 5.54 Å². The Balaban J connectivity index is 3.00. The summed E-state index contributed by atoms with van der Waals surface area (Å²) in [6.07, 6.45) is 2.16. The summed E-state index contributed by atoms with van der Waals surface area (Å²) in [5.74, 6) is 0. The molecule has 0 aliphatic carbocycles. The van der Waals surface area contributed by atoms with E-state index in [0.717, 1.165) is 6.42 Å². The first-order valence-electron chi connectivity index (χ1n) is 8.52. The van der Waals surface area contributed by atoms with E-state index in [1.807, 2.05) is 0 Å². The lowest BCUT2D eigenvalue weighted by Gasteiger charge is -2.35. The van der Waals surface area contributed by atoms with Crippen molar-refractivity contribution >= 4 is 0 Å². The third kappa shape index (κ3) is 5.76. The highest BCUT2D eigenvalue weighted by atomic mass is 14.7. The van der Waals surface area contributed by atoms with Crippen LogP contribution >= 0.6 is 0 Å². The third-order valence-electron chi connectivity index (χ3n) is 4.32. The highest BCUT2D eigenvalue weighted by Crippen LogP contribution is 2.38. The molecule has 1 aromatic rings. The van der Waals surface area contributed by atoms with Crippen molar-refractivity contribution < 1.29 is 0 Å². The van der Waals surface area contributed by atoms with Crippen molar-refractivity contribution in [3.05, 3.63) is 35.4 Å². The van der Waals surface area contributed by atoms with Crippen molar-refractivity contribution in [3.63, 3.8) is 0 Å². The topological polar surface area (TPSA) is 26.0 Å². The van der Waals surface area contributed by atoms with Crippen molar-refractivity contribution in [1.82, 2.24) is 0 Å². The van der Waals surface area contributed by atoms with Crippen LogP contribution < -0.4 is 5.73 Å². The van der Waals surface area contributed by atoms with E-state index in [-0.39, 0.29) is 16.4 Å². The summed E-state index contributed by atoms with van der Waals surface area (Å²) >= 11 is 0. The van der Waals surface area contributed by atoms with Crippen molar-refractivity contribution in [2.75, 3.05) is 0 Å². The standard InChI is InChI=1S/C21H37N/c1-18(2,3)14-19(4,5)16-10-12-17(13-11-16)20(6,7)15-21(8,9)22/h10-13H,14-15,22H2,1-9H3. The van der Waals surface area contributed by atoms with Gasteiger partial charge >= 0.3 is 0 Å². The molecule has 0 bridgehead atoms. The van der Waals surface area contributed by atoms with Gasteiger partial charge in [0.2, 0.25) is 0 Å². The summed E-state index contributed by atoms with van der Waals surface area (Å²) in [5, 5.41) is 0. The monoisotopic (exact) mass is 303 g/mol. The number of benzene rings is 1. The van der Waals surface area contributed by atoms with E-state index in [1.54, 1.807) is 0 Å². The molecule has 0 aliphatic heterocycles. The van der Waals surface area contributed by atoms with Crippen molar-refractivity contribution in [1.29, 1.82) is 0 Å². The van der Waals surface area contributed by atoms with E-state index in [0.29, 0.717) is 5.41 Å². The molecule has 0 aromatic heterocycles. The maximum Gasteiger partial charge on any atom is 0.0105 e. The smallest absolute Gasteiger partial charge is 0.0105 e. The predicted octanol–water partition coefficient (Wildman–Crippen LogP) is 5.81. The van der Waals surface area contributed by atoms with Crippen molar-refractivity contribution in [3.8, 4) is 0 Å². The Labute approximate surface area is 138 Å². The van der Waals surface area contributed by atoms with Gasteiger partial charge in [-0.3, -0.25) is 0 Å². The minimum atomic E-state index is -0.145. The Morgan fingerprint density at radius 3 is 1.23 bits per heavy atom. The van der Waals surface area contributed by atoms with Gasteiger partial charge in [0.25, 0.3) is 0 Å². The van der Waals surface area contributed by atoms with Crippen LogP contribution in [0.15, 0.2) is 24.3 Å². The van der Waals surface area contributed by atoms with E-state index in [1.165, 1.54) is 17.5 Å². The zero-order valence-corrected chi connectivity index (χ0v) is 16.3. The molecule has 0 amide bonds. The molecule has 1 heteroatoms. The van der Waals surface area contributed by atoms with Crippen LogP contribution in [0.3, 0.4) is 0 Å². The summed E-state index contributed by atoms with van der Waals surface area (Å²) in [4.78, 5) is 0. The van der Waals surface area contributed by atoms with Gasteiger partial charge in [0.15, 0.2) is 0 Å². The first kappa shape index (κ1) is 19.2. The molecule has 0 atom stereocenters. The zero-order valence-electron chi connectivity index (χ0n) is 16.3. The summed E-state index contributed by atoms with van der Waals surface area (Å²) in [6, 6.07) is 9.22. The Morgan fingerprint density at radius 2 is 0.955 bits per heavy atom. The van der Waals surface area contributed by atoms with Gasteiger partial charge in [-0.05, 0) is 54.1 Å². The van der Waals surface area contributed by atoms with Gasteiger partial charge < -0.3 is 5.73 Å². The van der Waals surface area contributed by atoms with Gasteiger partial charge in [-0.1, -0.05) is 72.7 Å². The molecule has 0 saturated heterocycles. The van der Waals surface area contributed by atoms with Crippen LogP contribution in [0, 0.1) is 5.41 Å². The second kappa shape index (κ2) is 6.00. The Morgan fingerprint density at radius 1 is 0.636 bits per heavy atom. The quantitative estimate of drug-likeness (QED) is 0.730. The Hall–Kier alpha value is -0.820. The van der Waals surface area contributed by atoms with Crippen LogP contribution in [-0.2, 0) is 10.8 Å². The van der Waals surface area contributed by atoms with Gasteiger partial charge in [-0.15, -0.1) is 0 Å². The molecule has 2 N–H and O–H groups in total. The first-order valence-corrected chi connectivity index (χ1v) is 8.52. The molecule has 1 aromatic carbocycles. The van der Waals surface area contributed by atoms with Gasteiger partial charge in [0.05, 0.1) is 0 Å². The van der Waals surface area contributed by atoms with Crippen LogP contribution in [0.1, 0.15) is 86.3 Å². The molecule has 0 saturated carbocycles. The summed E-state index contributed by atoms with van der Waals surface area (Å²) in [7, 11) is 0. The molecule has 0 heterocycles. The van der Waals surface area contributed by atoms with Crippen LogP contribution in [0.4, 0.5) is 0 Å². The molecule has 126 valence electrons. The molecule has 0 unspecified atom stereocenters. The van der Waals surface area contributed by atoms with Crippen LogP contribution in [0.2, 0.25) is 0 Å². The summed E-state index contributed by atoms with van der Waals surface area (Å²) in [6.45, 7) is 20.4. The van der Waals surface area contributed by atoms with E-state index in [4.69, 9.17) is 5.73 Å². The minimum Gasteiger partial charge on any atom is -0.326 e. The fourth-order valence-electron chi connectivity index (χ4n) is 4.04. The fraction of sp³-hybridized carbons (Fsp3) is 0.714. The van der Waals surface area contributed by atoms with Gasteiger partial charge in [-0.25, -0.2) is 0 Å². The second-order valence-corrected chi connectivity index (χ2v) is 10.2. The van der Waals surface area contributed by atoms with E-state index in [2.05, 4.69) is 86.6 Å². The molecular weight excluding hydrogens is 266 g/mol. The van der Waals surface area contributed by atoms with Gasteiger partial charge in [0.1, 0.15) is 0 Å². The maximum absolute atomic E-state index is 6.23. The third-order valence-corrected chi connectivity index (χ3v) is 4.32. The molecule has 1 rings (SSSR count). The highest BCUT2D eigenvalue weighted by molar-refractivity contribution is 5.32. The number of rotatable bonds is 5. The van der Waals surface area contributed by atoms with Gasteiger partial charge in [0, 0.05) is 5.54 Å². The normalized spacial score (nSPS) is 14.3. The number of hydrogen-bond acceptors (Lipinski definition) is 1. The molecular formula is C21H37N. The van der Waals surface area contributed by atoms with Crippen molar-refractivity contribution in [2.45, 2.75) is 91.5 Å². The van der Waals surface area contributed by atoms with E-state index in [9.17, 15) is 0 Å². The van der Waals surface area contributed by atoms with E-state index >= 15 is 0 Å². The highest BCUT2D eigenvalue weighted by Gasteiger charge is 2.30. The van der Waals surface area contributed by atoms with E-state index < -0.39 is 0 Å². The lowest BCUT2D eigenvalue weighted by Crippen LogP contribution is -2.39. The lowest BCUT2D eigenvalue weighted by molar-refractivity contribution is 0.284. The molecule has 0 aliphatic rings. The average molecular weight is 304 g/mol.